The van der Waals surface area contributed by atoms with E-state index in [0.717, 1.165) is 10.3 Å². The molecule has 0 bridgehead atoms. The standard InChI is InChI=1S/C19H20N2O3S3/c1-12(2)25-14-6-4-13(5-7-14)10-18(22)21-19-20-16-9-8-15(27(3,23)24)11-17(16)26-19/h4-9,11-12H,10H2,1-3H3,(H,20,21,22). The fourth-order valence-electron chi connectivity index (χ4n) is 2.50. The maximum absolute atomic E-state index is 12.3. The number of nitrogens with one attached hydrogen (secondary N) is 1. The van der Waals surface area contributed by atoms with Crippen molar-refractivity contribution in [2.75, 3.05) is 11.6 Å². The summed E-state index contributed by atoms with van der Waals surface area (Å²) < 4.78 is 24.0. The molecule has 8 heteroatoms. The summed E-state index contributed by atoms with van der Waals surface area (Å²) in [6, 6.07) is 12.7. The van der Waals surface area contributed by atoms with E-state index in [1.807, 2.05) is 24.3 Å². The Morgan fingerprint density at radius 1 is 1.19 bits per heavy atom. The molecule has 0 aliphatic rings. The fourth-order valence-corrected chi connectivity index (χ4v) is 4.98. The lowest BCUT2D eigenvalue weighted by Crippen LogP contribution is -2.14. The number of anilines is 1. The van der Waals surface area contributed by atoms with Gasteiger partial charge in [0.1, 0.15) is 0 Å². The van der Waals surface area contributed by atoms with E-state index in [4.69, 9.17) is 0 Å². The summed E-state index contributed by atoms with van der Waals surface area (Å²) in [5, 5.41) is 3.78. The summed E-state index contributed by atoms with van der Waals surface area (Å²) in [6.07, 6.45) is 1.43. The summed E-state index contributed by atoms with van der Waals surface area (Å²) in [6.45, 7) is 4.28. The number of rotatable bonds is 6. The van der Waals surface area contributed by atoms with E-state index in [2.05, 4.69) is 24.1 Å². The number of benzene rings is 2. The number of carbonyl (C=O) groups excluding carboxylic acids is 1. The molecule has 0 radical (unpaired) electrons. The average Bonchev–Trinajstić information content (AvgIpc) is 2.96. The molecule has 27 heavy (non-hydrogen) atoms. The number of thioether (sulfide) groups is 1. The molecule has 0 aliphatic heterocycles. The molecule has 1 N–H and O–H groups in total. The van der Waals surface area contributed by atoms with Crippen molar-refractivity contribution in [3.63, 3.8) is 0 Å². The van der Waals surface area contributed by atoms with Crippen LogP contribution in [0.3, 0.4) is 0 Å². The summed E-state index contributed by atoms with van der Waals surface area (Å²) in [5.74, 6) is -0.151. The van der Waals surface area contributed by atoms with Crippen molar-refractivity contribution in [3.8, 4) is 0 Å². The first-order chi connectivity index (χ1) is 12.7. The second-order valence-corrected chi connectivity index (χ2v) is 11.2. The Labute approximate surface area is 167 Å². The van der Waals surface area contributed by atoms with Gasteiger partial charge in [0, 0.05) is 16.4 Å². The Morgan fingerprint density at radius 2 is 1.89 bits per heavy atom. The van der Waals surface area contributed by atoms with Gasteiger partial charge in [-0.3, -0.25) is 4.79 Å². The SMILES string of the molecule is CC(C)Sc1ccc(CC(=O)Nc2nc3ccc(S(C)(=O)=O)cc3s2)cc1. The van der Waals surface area contributed by atoms with Crippen LogP contribution < -0.4 is 5.32 Å². The lowest BCUT2D eigenvalue weighted by Gasteiger charge is -2.06. The van der Waals surface area contributed by atoms with E-state index in [0.29, 0.717) is 15.9 Å². The van der Waals surface area contributed by atoms with Crippen molar-refractivity contribution in [1.29, 1.82) is 0 Å². The number of sulfone groups is 1. The highest BCUT2D eigenvalue weighted by molar-refractivity contribution is 7.99. The maximum atomic E-state index is 12.3. The van der Waals surface area contributed by atoms with E-state index in [9.17, 15) is 13.2 Å². The third-order valence-electron chi connectivity index (χ3n) is 3.69. The molecule has 0 atom stereocenters. The monoisotopic (exact) mass is 420 g/mol. The van der Waals surface area contributed by atoms with Crippen molar-refractivity contribution in [2.45, 2.75) is 35.3 Å². The molecule has 142 valence electrons. The molecule has 0 unspecified atom stereocenters. The van der Waals surface area contributed by atoms with Gasteiger partial charge in [-0.1, -0.05) is 37.3 Å². The van der Waals surface area contributed by atoms with Crippen molar-refractivity contribution in [2.24, 2.45) is 0 Å². The normalized spacial score (nSPS) is 11.9. The van der Waals surface area contributed by atoms with Crippen LogP contribution in [0.2, 0.25) is 0 Å². The molecule has 1 amide bonds. The molecule has 3 rings (SSSR count). The molecule has 0 fully saturated rings. The Balaban J connectivity index is 1.68. The van der Waals surface area contributed by atoms with Crippen LogP contribution in [-0.2, 0) is 21.1 Å². The minimum atomic E-state index is -3.27. The minimum absolute atomic E-state index is 0.151. The zero-order valence-electron chi connectivity index (χ0n) is 15.2. The molecule has 0 saturated carbocycles. The van der Waals surface area contributed by atoms with E-state index in [1.54, 1.807) is 23.9 Å². The Morgan fingerprint density at radius 3 is 2.52 bits per heavy atom. The third kappa shape index (κ3) is 5.31. The largest absolute Gasteiger partial charge is 0.302 e. The number of aromatic nitrogens is 1. The highest BCUT2D eigenvalue weighted by Crippen LogP contribution is 2.28. The highest BCUT2D eigenvalue weighted by Gasteiger charge is 2.12. The quantitative estimate of drug-likeness (QED) is 0.599. The first kappa shape index (κ1) is 19.9. The summed E-state index contributed by atoms with van der Waals surface area (Å²) in [5.41, 5.74) is 1.60. The first-order valence-electron chi connectivity index (χ1n) is 8.37. The van der Waals surface area contributed by atoms with E-state index < -0.39 is 9.84 Å². The predicted molar refractivity (Wildman–Crippen MR) is 112 cm³/mol. The Kier molecular flexibility index (Phi) is 5.88. The van der Waals surface area contributed by atoms with E-state index >= 15 is 0 Å². The summed E-state index contributed by atoms with van der Waals surface area (Å²) in [7, 11) is -3.27. The molecule has 1 heterocycles. The second kappa shape index (κ2) is 8.00. The van der Waals surface area contributed by atoms with Crippen LogP contribution in [0.4, 0.5) is 5.13 Å². The number of amides is 1. The third-order valence-corrected chi connectivity index (χ3v) is 6.75. The lowest BCUT2D eigenvalue weighted by atomic mass is 10.1. The van der Waals surface area contributed by atoms with Crippen LogP contribution in [0.15, 0.2) is 52.3 Å². The molecule has 3 aromatic rings. The Bertz CT molecular complexity index is 1070. The van der Waals surface area contributed by atoms with Gasteiger partial charge in [-0.15, -0.1) is 11.8 Å². The molecule has 0 spiro atoms. The van der Waals surface area contributed by atoms with Crippen LogP contribution in [0.25, 0.3) is 10.2 Å². The van der Waals surface area contributed by atoms with Gasteiger partial charge in [-0.25, -0.2) is 13.4 Å². The van der Waals surface area contributed by atoms with E-state index in [-0.39, 0.29) is 17.2 Å². The van der Waals surface area contributed by atoms with Crippen LogP contribution >= 0.6 is 23.1 Å². The number of thiazole rings is 1. The van der Waals surface area contributed by atoms with Crippen molar-refractivity contribution >= 4 is 54.2 Å². The maximum Gasteiger partial charge on any atom is 0.230 e. The van der Waals surface area contributed by atoms with Crippen molar-refractivity contribution < 1.29 is 13.2 Å². The van der Waals surface area contributed by atoms with E-state index in [1.165, 1.54) is 28.6 Å². The van der Waals surface area contributed by atoms with Gasteiger partial charge in [-0.2, -0.15) is 0 Å². The van der Waals surface area contributed by atoms with Crippen molar-refractivity contribution in [1.82, 2.24) is 4.98 Å². The average molecular weight is 421 g/mol. The molecule has 2 aromatic carbocycles. The summed E-state index contributed by atoms with van der Waals surface area (Å²) >= 11 is 3.05. The number of nitrogens with zero attached hydrogens (tertiary/aromatic N) is 1. The van der Waals surface area contributed by atoms with Gasteiger partial charge < -0.3 is 5.32 Å². The molecule has 0 aliphatic carbocycles. The molecule has 1 aromatic heterocycles. The second-order valence-electron chi connectivity index (χ2n) is 6.46. The Hall–Kier alpha value is -1.90. The number of fused-ring (bicyclic) bond motifs is 1. The molecular formula is C19H20N2O3S3. The van der Waals surface area contributed by atoms with Gasteiger partial charge in [0.25, 0.3) is 0 Å². The lowest BCUT2D eigenvalue weighted by molar-refractivity contribution is -0.115. The number of carbonyl (C=O) groups is 1. The van der Waals surface area contributed by atoms with Gasteiger partial charge in [0.2, 0.25) is 5.91 Å². The van der Waals surface area contributed by atoms with Gasteiger partial charge in [0.05, 0.1) is 21.5 Å². The topological polar surface area (TPSA) is 76.1 Å². The van der Waals surface area contributed by atoms with Crippen LogP contribution in [0.5, 0.6) is 0 Å². The van der Waals surface area contributed by atoms with Crippen LogP contribution in [-0.4, -0.2) is 30.8 Å². The highest BCUT2D eigenvalue weighted by atomic mass is 32.2. The summed E-state index contributed by atoms with van der Waals surface area (Å²) in [4.78, 5) is 18.1. The molecule has 5 nitrogen and oxygen atoms in total. The molecule has 0 saturated heterocycles. The first-order valence-corrected chi connectivity index (χ1v) is 12.0. The van der Waals surface area contributed by atoms with Crippen LogP contribution in [0, 0.1) is 0 Å². The fraction of sp³-hybridized carbons (Fsp3) is 0.263. The van der Waals surface area contributed by atoms with Gasteiger partial charge in [0.15, 0.2) is 15.0 Å². The van der Waals surface area contributed by atoms with Gasteiger partial charge >= 0.3 is 0 Å². The minimum Gasteiger partial charge on any atom is -0.302 e. The smallest absolute Gasteiger partial charge is 0.230 e. The molecular weight excluding hydrogens is 400 g/mol. The van der Waals surface area contributed by atoms with Crippen molar-refractivity contribution in [3.05, 3.63) is 48.0 Å². The van der Waals surface area contributed by atoms with Crippen LogP contribution in [0.1, 0.15) is 19.4 Å². The number of hydrogen-bond donors (Lipinski definition) is 1. The van der Waals surface area contributed by atoms with Gasteiger partial charge in [-0.05, 0) is 35.9 Å². The number of hydrogen-bond acceptors (Lipinski definition) is 6. The zero-order valence-corrected chi connectivity index (χ0v) is 17.7. The zero-order chi connectivity index (χ0) is 19.6. The predicted octanol–water partition coefficient (Wildman–Crippen LogP) is 4.38.